The van der Waals surface area contributed by atoms with E-state index < -0.39 is 41.9 Å². The Hall–Kier alpha value is -2.12. The van der Waals surface area contributed by atoms with E-state index in [1.807, 2.05) is 0 Å². The van der Waals surface area contributed by atoms with Crippen LogP contribution in [0, 0.1) is 0 Å². The molecule has 0 aromatic heterocycles. The third-order valence-corrected chi connectivity index (χ3v) is 5.76. The molecule has 0 fully saturated rings. The molecule has 0 N–H and O–H groups in total. The maximum absolute atomic E-state index is 12.2. The minimum atomic E-state index is -2.05. The summed E-state index contributed by atoms with van der Waals surface area (Å²) >= 11 is 0. The average Bonchev–Trinajstić information content (AvgIpc) is 2.75. The summed E-state index contributed by atoms with van der Waals surface area (Å²) < 4.78 is 22.4. The maximum Gasteiger partial charge on any atom is 0.330 e. The van der Waals surface area contributed by atoms with Gasteiger partial charge in [-0.15, -0.1) is 0 Å². The van der Waals surface area contributed by atoms with Crippen LogP contribution in [0.2, 0.25) is 0 Å². The number of ether oxygens (including phenoxy) is 4. The molecule has 0 aliphatic rings. The second kappa shape index (κ2) is 19.1. The van der Waals surface area contributed by atoms with Crippen molar-refractivity contribution >= 4 is 23.9 Å². The van der Waals surface area contributed by atoms with Gasteiger partial charge in [-0.25, -0.2) is 0 Å². The molecule has 0 radical (unpaired) electrons. The van der Waals surface area contributed by atoms with E-state index >= 15 is 0 Å². The lowest BCUT2D eigenvalue weighted by Crippen LogP contribution is -2.60. The van der Waals surface area contributed by atoms with Gasteiger partial charge in [-0.2, -0.15) is 0 Å². The zero-order chi connectivity index (χ0) is 26.7. The van der Waals surface area contributed by atoms with Crippen LogP contribution in [0.1, 0.15) is 131 Å². The van der Waals surface area contributed by atoms with Gasteiger partial charge in [0.15, 0.2) is 12.2 Å². The Balaban J connectivity index is 5.99. The first-order valence-corrected chi connectivity index (χ1v) is 13.3. The van der Waals surface area contributed by atoms with Crippen molar-refractivity contribution in [2.24, 2.45) is 0 Å². The Bertz CT molecular complexity index is 577. The highest BCUT2D eigenvalue weighted by Crippen LogP contribution is 2.35. The quantitative estimate of drug-likeness (QED) is 0.0845. The largest absolute Gasteiger partial charge is 0.454 e. The molecule has 0 aromatic rings. The lowest BCUT2D eigenvalue weighted by atomic mass is 9.92. The van der Waals surface area contributed by atoms with Crippen LogP contribution in [-0.2, 0) is 38.1 Å². The van der Waals surface area contributed by atoms with Crippen LogP contribution in [0.4, 0.5) is 0 Å². The van der Waals surface area contributed by atoms with E-state index in [1.54, 1.807) is 0 Å². The molecule has 0 aliphatic carbocycles. The Morgan fingerprint density at radius 2 is 0.829 bits per heavy atom. The number of rotatable bonds is 20. The third-order valence-electron chi connectivity index (χ3n) is 5.76. The minimum Gasteiger partial charge on any atom is -0.454 e. The Labute approximate surface area is 211 Å². The molecule has 0 bridgehead atoms. The van der Waals surface area contributed by atoms with Crippen LogP contribution in [-0.4, -0.2) is 41.9 Å². The zero-order valence-electron chi connectivity index (χ0n) is 22.8. The lowest BCUT2D eigenvalue weighted by molar-refractivity contribution is -0.300. The van der Waals surface area contributed by atoms with E-state index in [-0.39, 0.29) is 0 Å². The first-order chi connectivity index (χ1) is 16.6. The molecule has 0 heterocycles. The van der Waals surface area contributed by atoms with Gasteiger partial charge in [0.25, 0.3) is 0 Å². The van der Waals surface area contributed by atoms with Crippen LogP contribution in [0.25, 0.3) is 0 Å². The SMILES string of the molecule is CCCCCCCCC(OC(C)=O)C(OC(C)=O)(OC(C)=O)C(CCCCCCCC)OC(C)=O. The lowest BCUT2D eigenvalue weighted by Gasteiger charge is -2.42. The fraction of sp³-hybridized carbons (Fsp3) is 0.852. The molecule has 0 rings (SSSR count). The van der Waals surface area contributed by atoms with E-state index in [2.05, 4.69) is 13.8 Å². The number of hydrogen-bond acceptors (Lipinski definition) is 8. The molecular weight excluding hydrogens is 452 g/mol. The van der Waals surface area contributed by atoms with Crippen LogP contribution >= 0.6 is 0 Å². The average molecular weight is 501 g/mol. The Morgan fingerprint density at radius 1 is 0.514 bits per heavy atom. The van der Waals surface area contributed by atoms with Gasteiger partial charge in [-0.3, -0.25) is 19.2 Å². The highest BCUT2D eigenvalue weighted by Gasteiger charge is 2.56. The van der Waals surface area contributed by atoms with Gasteiger partial charge in [-0.05, 0) is 25.7 Å². The molecule has 2 unspecified atom stereocenters. The highest BCUT2D eigenvalue weighted by molar-refractivity contribution is 5.70. The van der Waals surface area contributed by atoms with Gasteiger partial charge in [-0.1, -0.05) is 78.1 Å². The summed E-state index contributed by atoms with van der Waals surface area (Å²) in [5.41, 5.74) is 0. The normalized spacial score (nSPS) is 13.0. The van der Waals surface area contributed by atoms with Crippen molar-refractivity contribution in [1.29, 1.82) is 0 Å². The summed E-state index contributed by atoms with van der Waals surface area (Å²) in [5.74, 6) is -4.73. The minimum absolute atomic E-state index is 0.292. The van der Waals surface area contributed by atoms with Gasteiger partial charge in [0.2, 0.25) is 0 Å². The second-order valence-corrected chi connectivity index (χ2v) is 9.22. The molecule has 0 saturated heterocycles. The molecule has 0 spiro atoms. The standard InChI is InChI=1S/C27H48O8/c1-7-9-11-13-15-17-19-25(32-21(3)28)27(34-23(5)30,35-24(6)31)26(33-22(4)29)20-18-16-14-12-10-8-2/h25-26H,7-20H2,1-6H3. The molecule has 8 nitrogen and oxygen atoms in total. The zero-order valence-corrected chi connectivity index (χ0v) is 22.8. The van der Waals surface area contributed by atoms with Crippen molar-refractivity contribution in [1.82, 2.24) is 0 Å². The van der Waals surface area contributed by atoms with Gasteiger partial charge >= 0.3 is 29.7 Å². The highest BCUT2D eigenvalue weighted by atomic mass is 16.8. The fourth-order valence-electron chi connectivity index (χ4n) is 4.25. The van der Waals surface area contributed by atoms with Crippen molar-refractivity contribution in [3.63, 3.8) is 0 Å². The molecule has 0 aromatic carbocycles. The van der Waals surface area contributed by atoms with Crippen LogP contribution < -0.4 is 0 Å². The van der Waals surface area contributed by atoms with Crippen LogP contribution in [0.15, 0.2) is 0 Å². The Morgan fingerprint density at radius 3 is 1.11 bits per heavy atom. The van der Waals surface area contributed by atoms with Crippen molar-refractivity contribution in [3.05, 3.63) is 0 Å². The van der Waals surface area contributed by atoms with Crippen LogP contribution in [0.5, 0.6) is 0 Å². The molecule has 8 heteroatoms. The van der Waals surface area contributed by atoms with E-state index in [1.165, 1.54) is 27.7 Å². The van der Waals surface area contributed by atoms with E-state index in [4.69, 9.17) is 18.9 Å². The summed E-state index contributed by atoms with van der Waals surface area (Å²) in [4.78, 5) is 48.5. The smallest absolute Gasteiger partial charge is 0.330 e. The number of hydrogen-bond donors (Lipinski definition) is 0. The molecule has 0 aliphatic heterocycles. The van der Waals surface area contributed by atoms with Gasteiger partial charge in [0.05, 0.1) is 0 Å². The summed E-state index contributed by atoms with van der Waals surface area (Å²) in [7, 11) is 0. The first-order valence-electron chi connectivity index (χ1n) is 13.3. The fourth-order valence-corrected chi connectivity index (χ4v) is 4.25. The van der Waals surface area contributed by atoms with E-state index in [0.29, 0.717) is 25.7 Å². The Kier molecular flexibility index (Phi) is 18.0. The predicted octanol–water partition coefficient (Wildman–Crippen LogP) is 6.17. The van der Waals surface area contributed by atoms with Crippen molar-refractivity contribution in [3.8, 4) is 0 Å². The first kappa shape index (κ1) is 32.9. The number of esters is 4. The third kappa shape index (κ3) is 14.8. The second-order valence-electron chi connectivity index (χ2n) is 9.22. The number of carbonyl (C=O) groups excluding carboxylic acids is 4. The van der Waals surface area contributed by atoms with E-state index in [9.17, 15) is 19.2 Å². The van der Waals surface area contributed by atoms with Crippen molar-refractivity contribution in [2.45, 2.75) is 149 Å². The molecule has 2 atom stereocenters. The summed E-state index contributed by atoms with van der Waals surface area (Å²) in [6, 6.07) is 0. The summed E-state index contributed by atoms with van der Waals surface area (Å²) in [6.45, 7) is 9.14. The maximum atomic E-state index is 12.2. The number of carbonyl (C=O) groups is 4. The van der Waals surface area contributed by atoms with Gasteiger partial charge in [0, 0.05) is 27.7 Å². The van der Waals surface area contributed by atoms with Crippen molar-refractivity contribution < 1.29 is 38.1 Å². The molecule has 0 saturated carbocycles. The van der Waals surface area contributed by atoms with Gasteiger partial charge < -0.3 is 18.9 Å². The van der Waals surface area contributed by atoms with E-state index in [0.717, 1.165) is 64.2 Å². The predicted molar refractivity (Wildman–Crippen MR) is 133 cm³/mol. The number of unbranched alkanes of at least 4 members (excludes halogenated alkanes) is 10. The molecular formula is C27H48O8. The summed E-state index contributed by atoms with van der Waals surface area (Å²) in [5, 5.41) is 0. The monoisotopic (exact) mass is 500 g/mol. The summed E-state index contributed by atoms with van der Waals surface area (Å²) in [6.07, 6.45) is 10.2. The molecule has 0 amide bonds. The molecule has 204 valence electrons. The van der Waals surface area contributed by atoms with Crippen LogP contribution in [0.3, 0.4) is 0 Å². The van der Waals surface area contributed by atoms with Crippen molar-refractivity contribution in [2.75, 3.05) is 0 Å². The topological polar surface area (TPSA) is 105 Å². The molecule has 35 heavy (non-hydrogen) atoms. The van der Waals surface area contributed by atoms with Gasteiger partial charge in [0.1, 0.15) is 0 Å².